The fraction of sp³-hybridized carbons (Fsp3) is 0.556. The fourth-order valence-electron chi connectivity index (χ4n) is 5.52. The van der Waals surface area contributed by atoms with Crippen LogP contribution in [0.3, 0.4) is 0 Å². The molecule has 3 atom stereocenters. The molecule has 0 bridgehead atoms. The maximum Gasteiger partial charge on any atom is 0.267 e. The zero-order valence-electron chi connectivity index (χ0n) is 19.4. The highest BCUT2D eigenvalue weighted by atomic mass is 16.2. The Hall–Kier alpha value is -2.40. The highest BCUT2D eigenvalue weighted by Gasteiger charge is 2.30. The average Bonchev–Trinajstić information content (AvgIpc) is 3.43. The number of rotatable bonds is 8. The van der Waals surface area contributed by atoms with Gasteiger partial charge < -0.3 is 20.5 Å². The van der Waals surface area contributed by atoms with Gasteiger partial charge >= 0.3 is 0 Å². The Labute approximate surface area is 193 Å². The lowest BCUT2D eigenvalue weighted by Crippen LogP contribution is -2.41. The van der Waals surface area contributed by atoms with E-state index in [4.69, 9.17) is 5.41 Å². The van der Waals surface area contributed by atoms with Crippen molar-refractivity contribution in [2.24, 2.45) is 11.8 Å². The molecule has 0 radical (unpaired) electrons. The molecule has 2 heterocycles. The summed E-state index contributed by atoms with van der Waals surface area (Å²) in [7, 11) is 2.04. The van der Waals surface area contributed by atoms with Gasteiger partial charge in [0.1, 0.15) is 0 Å². The Morgan fingerprint density at radius 1 is 1.16 bits per heavy atom. The molecule has 1 amide bonds. The highest BCUT2D eigenvalue weighted by Crippen LogP contribution is 2.28. The minimum Gasteiger partial charge on any atom is -0.370 e. The van der Waals surface area contributed by atoms with Gasteiger partial charge in [0, 0.05) is 37.8 Å². The first-order chi connectivity index (χ1) is 15.6. The van der Waals surface area contributed by atoms with Crippen molar-refractivity contribution < 1.29 is 4.79 Å². The molecule has 0 spiro atoms. The molecule has 1 aliphatic carbocycles. The molecule has 172 valence electrons. The number of carbonyl (C=O) groups excluding carboxylic acids is 1. The number of hydrogen-bond acceptors (Lipinski definition) is 4. The van der Waals surface area contributed by atoms with Crippen molar-refractivity contribution in [3.63, 3.8) is 0 Å². The van der Waals surface area contributed by atoms with Crippen LogP contribution in [0.5, 0.6) is 0 Å². The van der Waals surface area contributed by atoms with Crippen molar-refractivity contribution in [3.05, 3.63) is 53.7 Å². The van der Waals surface area contributed by atoms with Gasteiger partial charge in [-0.05, 0) is 75.2 Å². The predicted octanol–water partition coefficient (Wildman–Crippen LogP) is 4.33. The minimum atomic E-state index is 0.0844. The summed E-state index contributed by atoms with van der Waals surface area (Å²) in [6.07, 6.45) is 13.8. The zero-order valence-corrected chi connectivity index (χ0v) is 19.4. The summed E-state index contributed by atoms with van der Waals surface area (Å²) in [4.78, 5) is 17.7. The van der Waals surface area contributed by atoms with E-state index in [0.717, 1.165) is 56.5 Å². The molecular weight excluding hydrogens is 396 g/mol. The maximum atomic E-state index is 13.0. The summed E-state index contributed by atoms with van der Waals surface area (Å²) in [5.74, 6) is 1.01. The normalized spacial score (nSPS) is 26.5. The first-order valence-corrected chi connectivity index (χ1v) is 12.3. The van der Waals surface area contributed by atoms with Gasteiger partial charge in [-0.3, -0.25) is 4.79 Å². The average molecular weight is 435 g/mol. The number of allylic oxidation sites excluding steroid dienone is 1. The van der Waals surface area contributed by atoms with E-state index in [-0.39, 0.29) is 11.9 Å². The maximum absolute atomic E-state index is 13.0. The van der Waals surface area contributed by atoms with E-state index in [2.05, 4.69) is 33.3 Å². The van der Waals surface area contributed by atoms with Crippen molar-refractivity contribution in [2.75, 3.05) is 33.2 Å². The van der Waals surface area contributed by atoms with E-state index < -0.39 is 0 Å². The smallest absolute Gasteiger partial charge is 0.267 e. The van der Waals surface area contributed by atoms with E-state index in [1.807, 2.05) is 37.4 Å². The molecule has 1 saturated carbocycles. The summed E-state index contributed by atoms with van der Waals surface area (Å²) >= 11 is 0. The first kappa shape index (κ1) is 22.8. The quantitative estimate of drug-likeness (QED) is 0.599. The Balaban J connectivity index is 1.25. The summed E-state index contributed by atoms with van der Waals surface area (Å²) in [6, 6.07) is 10.4. The number of amides is 1. The van der Waals surface area contributed by atoms with Crippen molar-refractivity contribution in [3.8, 4) is 0 Å². The zero-order chi connectivity index (χ0) is 22.3. The van der Waals surface area contributed by atoms with Crippen LogP contribution >= 0.6 is 0 Å². The molecule has 4 rings (SSSR count). The molecular formula is C27H38N4O. The molecule has 5 heteroatoms. The summed E-state index contributed by atoms with van der Waals surface area (Å²) in [5, 5.41) is 11.7. The molecule has 3 unspecified atom stereocenters. The van der Waals surface area contributed by atoms with Crippen LogP contribution in [0, 0.1) is 17.2 Å². The van der Waals surface area contributed by atoms with Gasteiger partial charge in [0.05, 0.1) is 5.70 Å². The molecule has 32 heavy (non-hydrogen) atoms. The molecule has 2 aliphatic heterocycles. The van der Waals surface area contributed by atoms with Crippen LogP contribution in [0.25, 0.3) is 6.08 Å². The molecule has 3 aliphatic rings. The molecule has 1 aromatic carbocycles. The molecule has 1 aromatic rings. The third kappa shape index (κ3) is 6.32. The van der Waals surface area contributed by atoms with Crippen LogP contribution in [-0.4, -0.2) is 60.7 Å². The Kier molecular flexibility index (Phi) is 7.80. The Morgan fingerprint density at radius 2 is 1.94 bits per heavy atom. The monoisotopic (exact) mass is 434 g/mol. The van der Waals surface area contributed by atoms with Crippen LogP contribution in [0.15, 0.2) is 48.2 Å². The number of benzene rings is 1. The van der Waals surface area contributed by atoms with Crippen molar-refractivity contribution in [1.82, 2.24) is 15.1 Å². The Bertz CT molecular complexity index is 840. The third-order valence-corrected chi connectivity index (χ3v) is 7.14. The van der Waals surface area contributed by atoms with Gasteiger partial charge in [-0.1, -0.05) is 42.8 Å². The van der Waals surface area contributed by atoms with Crippen LogP contribution in [0.4, 0.5) is 0 Å². The van der Waals surface area contributed by atoms with Gasteiger partial charge in [-0.15, -0.1) is 0 Å². The largest absolute Gasteiger partial charge is 0.370 e. The second-order valence-electron chi connectivity index (χ2n) is 9.88. The number of likely N-dealkylation sites (tertiary alicyclic amines) is 1. The molecule has 2 N–H and O–H groups in total. The van der Waals surface area contributed by atoms with E-state index >= 15 is 0 Å². The van der Waals surface area contributed by atoms with Crippen molar-refractivity contribution in [2.45, 2.75) is 51.0 Å². The predicted molar refractivity (Wildman–Crippen MR) is 132 cm³/mol. The van der Waals surface area contributed by atoms with Gasteiger partial charge in [-0.25, -0.2) is 0 Å². The number of hydrogen-bond donors (Lipinski definition) is 2. The topological polar surface area (TPSA) is 59.4 Å². The van der Waals surface area contributed by atoms with E-state index in [1.165, 1.54) is 25.9 Å². The number of carbonyl (C=O) groups is 1. The number of likely N-dealkylation sites (N-methyl/N-ethyl adjacent to an activating group) is 1. The standard InChI is InChI=1S/C27H38N4O/c1-30-19-23(20-31-14-5-6-15-31)18-26(30)27(32)29-25-11-7-10-22(17-25)16-24(28)13-12-21-8-3-2-4-9-21/h2-4,8-9,12-13,18,22-23,25,28H,5-7,10-11,14-17,19-20H2,1H3,(H,29,32)/b13-12-,28-24?. The second-order valence-corrected chi connectivity index (χ2v) is 9.88. The fourth-order valence-corrected chi connectivity index (χ4v) is 5.52. The third-order valence-electron chi connectivity index (χ3n) is 7.14. The SMILES string of the molecule is CN1CC(CN2CCCC2)C=C1C(=O)NC1CCCC(CC(=N)/C=C\c2ccccc2)C1. The Morgan fingerprint density at radius 3 is 2.72 bits per heavy atom. The lowest BCUT2D eigenvalue weighted by Gasteiger charge is -2.30. The highest BCUT2D eigenvalue weighted by molar-refractivity contribution is 5.96. The van der Waals surface area contributed by atoms with E-state index in [9.17, 15) is 4.79 Å². The van der Waals surface area contributed by atoms with Crippen molar-refractivity contribution >= 4 is 17.7 Å². The van der Waals surface area contributed by atoms with Gasteiger partial charge in [0.25, 0.3) is 5.91 Å². The lowest BCUT2D eigenvalue weighted by atomic mass is 9.82. The second kappa shape index (κ2) is 11.0. The van der Waals surface area contributed by atoms with Crippen LogP contribution in [0.2, 0.25) is 0 Å². The molecule has 2 fully saturated rings. The van der Waals surface area contributed by atoms with Crippen LogP contribution in [-0.2, 0) is 4.79 Å². The lowest BCUT2D eigenvalue weighted by molar-refractivity contribution is -0.119. The summed E-state index contributed by atoms with van der Waals surface area (Å²) < 4.78 is 0. The molecule has 5 nitrogen and oxygen atoms in total. The number of nitrogens with zero attached hydrogens (tertiary/aromatic N) is 2. The summed E-state index contributed by atoms with van der Waals surface area (Å²) in [6.45, 7) is 4.42. The van der Waals surface area contributed by atoms with E-state index in [0.29, 0.717) is 17.5 Å². The molecule has 1 saturated heterocycles. The van der Waals surface area contributed by atoms with Gasteiger partial charge in [-0.2, -0.15) is 0 Å². The molecule has 0 aromatic heterocycles. The van der Waals surface area contributed by atoms with Gasteiger partial charge in [0.2, 0.25) is 0 Å². The van der Waals surface area contributed by atoms with Crippen LogP contribution < -0.4 is 5.32 Å². The summed E-state index contributed by atoms with van der Waals surface area (Å²) in [5.41, 5.74) is 2.65. The minimum absolute atomic E-state index is 0.0844. The van der Waals surface area contributed by atoms with Crippen molar-refractivity contribution in [1.29, 1.82) is 5.41 Å². The van der Waals surface area contributed by atoms with E-state index in [1.54, 1.807) is 0 Å². The number of nitrogens with one attached hydrogen (secondary N) is 2. The van der Waals surface area contributed by atoms with Crippen LogP contribution in [0.1, 0.15) is 50.5 Å². The first-order valence-electron chi connectivity index (χ1n) is 12.3. The van der Waals surface area contributed by atoms with Gasteiger partial charge in [0.15, 0.2) is 0 Å².